The fraction of sp³-hybridized carbons (Fsp3) is 0.538. The fourth-order valence-electron chi connectivity index (χ4n) is 1.42. The van der Waals surface area contributed by atoms with Crippen LogP contribution in [0.25, 0.3) is 0 Å². The van der Waals surface area contributed by atoms with E-state index in [4.69, 9.17) is 4.74 Å². The van der Waals surface area contributed by atoms with Gasteiger partial charge in [-0.15, -0.1) is 0 Å². The van der Waals surface area contributed by atoms with Gasteiger partial charge in [-0.3, -0.25) is 0 Å². The van der Waals surface area contributed by atoms with Gasteiger partial charge in [0.15, 0.2) is 0 Å². The van der Waals surface area contributed by atoms with E-state index in [0.29, 0.717) is 18.2 Å². The first kappa shape index (κ1) is 12.8. The molecule has 0 saturated heterocycles. The molecule has 0 fully saturated rings. The van der Waals surface area contributed by atoms with Crippen LogP contribution in [0.5, 0.6) is 11.5 Å². The van der Waals surface area contributed by atoms with Crippen molar-refractivity contribution in [2.45, 2.75) is 26.8 Å². The van der Waals surface area contributed by atoms with Gasteiger partial charge < -0.3 is 15.2 Å². The van der Waals surface area contributed by atoms with Crippen LogP contribution in [0.2, 0.25) is 0 Å². The maximum atomic E-state index is 9.72. The zero-order chi connectivity index (χ0) is 12.0. The monoisotopic (exact) mass is 223 g/mol. The van der Waals surface area contributed by atoms with Crippen LogP contribution in [0, 0.1) is 5.92 Å². The smallest absolute Gasteiger partial charge is 0.123 e. The molecule has 1 rings (SSSR count). The van der Waals surface area contributed by atoms with E-state index >= 15 is 0 Å². The molecule has 1 unspecified atom stereocenters. The molecule has 0 aliphatic heterocycles. The number of ether oxygens (including phenoxy) is 1. The molecule has 3 heteroatoms. The molecule has 0 heterocycles. The maximum absolute atomic E-state index is 9.72. The number of rotatable bonds is 6. The highest BCUT2D eigenvalue weighted by molar-refractivity contribution is 5.39. The van der Waals surface area contributed by atoms with Crippen molar-refractivity contribution < 1.29 is 9.84 Å². The Morgan fingerprint density at radius 2 is 2.19 bits per heavy atom. The molecule has 16 heavy (non-hydrogen) atoms. The second-order valence-corrected chi connectivity index (χ2v) is 4.14. The highest BCUT2D eigenvalue weighted by atomic mass is 16.5. The summed E-state index contributed by atoms with van der Waals surface area (Å²) in [5.74, 6) is 1.64. The molecule has 1 atom stereocenters. The van der Waals surface area contributed by atoms with Gasteiger partial charge in [0.25, 0.3) is 0 Å². The number of hydrogen-bond acceptors (Lipinski definition) is 3. The van der Waals surface area contributed by atoms with E-state index in [1.54, 1.807) is 13.2 Å². The quantitative estimate of drug-likeness (QED) is 0.778. The summed E-state index contributed by atoms with van der Waals surface area (Å²) >= 11 is 0. The summed E-state index contributed by atoms with van der Waals surface area (Å²) in [6.07, 6.45) is 1.17. The summed E-state index contributed by atoms with van der Waals surface area (Å²) in [5.41, 5.74) is 0.907. The fourth-order valence-corrected chi connectivity index (χ4v) is 1.42. The predicted molar refractivity (Wildman–Crippen MR) is 65.8 cm³/mol. The summed E-state index contributed by atoms with van der Waals surface area (Å²) < 4.78 is 5.03. The van der Waals surface area contributed by atoms with E-state index in [1.165, 1.54) is 6.42 Å². The molecule has 3 nitrogen and oxygen atoms in total. The lowest BCUT2D eigenvalue weighted by Crippen LogP contribution is -2.20. The molecule has 0 aliphatic rings. The zero-order valence-corrected chi connectivity index (χ0v) is 10.3. The van der Waals surface area contributed by atoms with Crippen molar-refractivity contribution in [3.05, 3.63) is 23.8 Å². The van der Waals surface area contributed by atoms with E-state index in [0.717, 1.165) is 12.1 Å². The number of hydrogen-bond donors (Lipinski definition) is 2. The standard InChI is InChI=1S/C13H21NO2/c1-4-10(2)8-14-9-11-5-6-12(16-3)7-13(11)15/h5-7,10,14-15H,4,8-9H2,1-3H3. The highest BCUT2D eigenvalue weighted by Crippen LogP contribution is 2.23. The molecule has 0 aromatic heterocycles. The van der Waals surface area contributed by atoms with Gasteiger partial charge in [-0.25, -0.2) is 0 Å². The van der Waals surface area contributed by atoms with Gasteiger partial charge in [-0.1, -0.05) is 26.3 Å². The summed E-state index contributed by atoms with van der Waals surface area (Å²) in [6.45, 7) is 6.06. The number of phenols is 1. The van der Waals surface area contributed by atoms with E-state index in [2.05, 4.69) is 19.2 Å². The van der Waals surface area contributed by atoms with Crippen LogP contribution in [0.15, 0.2) is 18.2 Å². The first-order valence-corrected chi connectivity index (χ1v) is 5.74. The normalized spacial score (nSPS) is 12.4. The van der Waals surface area contributed by atoms with E-state index < -0.39 is 0 Å². The van der Waals surface area contributed by atoms with Gasteiger partial charge in [0.1, 0.15) is 11.5 Å². The molecule has 0 aliphatic carbocycles. The number of methoxy groups -OCH3 is 1. The molecule has 2 N–H and O–H groups in total. The van der Waals surface area contributed by atoms with Crippen molar-refractivity contribution in [3.8, 4) is 11.5 Å². The molecule has 0 spiro atoms. The van der Waals surface area contributed by atoms with Crippen molar-refractivity contribution in [1.29, 1.82) is 0 Å². The third-order valence-corrected chi connectivity index (χ3v) is 2.80. The average Bonchev–Trinajstić information content (AvgIpc) is 2.30. The van der Waals surface area contributed by atoms with Gasteiger partial charge in [0, 0.05) is 18.2 Å². The molecule has 0 saturated carbocycles. The van der Waals surface area contributed by atoms with Gasteiger partial charge in [-0.2, -0.15) is 0 Å². The molecule has 0 radical (unpaired) electrons. The average molecular weight is 223 g/mol. The molecule has 1 aromatic rings. The largest absolute Gasteiger partial charge is 0.507 e. The van der Waals surface area contributed by atoms with Gasteiger partial charge in [0.05, 0.1) is 7.11 Å². The SMILES string of the molecule is CCC(C)CNCc1ccc(OC)cc1O. The minimum Gasteiger partial charge on any atom is -0.507 e. The van der Waals surface area contributed by atoms with E-state index in [1.807, 2.05) is 12.1 Å². The van der Waals surface area contributed by atoms with Crippen molar-refractivity contribution in [3.63, 3.8) is 0 Å². The minimum absolute atomic E-state index is 0.288. The topological polar surface area (TPSA) is 41.5 Å². The molecule has 0 amide bonds. The van der Waals surface area contributed by atoms with Gasteiger partial charge >= 0.3 is 0 Å². The zero-order valence-electron chi connectivity index (χ0n) is 10.3. The van der Waals surface area contributed by atoms with Crippen LogP contribution >= 0.6 is 0 Å². The minimum atomic E-state index is 0.288. The van der Waals surface area contributed by atoms with Crippen molar-refractivity contribution in [2.75, 3.05) is 13.7 Å². The van der Waals surface area contributed by atoms with Gasteiger partial charge in [0.2, 0.25) is 0 Å². The Bertz CT molecular complexity index is 326. The Morgan fingerprint density at radius 3 is 2.75 bits per heavy atom. The second-order valence-electron chi connectivity index (χ2n) is 4.14. The molecule has 1 aromatic carbocycles. The Kier molecular flexibility index (Phi) is 5.12. The van der Waals surface area contributed by atoms with Crippen LogP contribution in [-0.4, -0.2) is 18.8 Å². The predicted octanol–water partition coefficient (Wildman–Crippen LogP) is 2.54. The van der Waals surface area contributed by atoms with Crippen LogP contribution < -0.4 is 10.1 Å². The van der Waals surface area contributed by atoms with Crippen LogP contribution in [0.4, 0.5) is 0 Å². The van der Waals surface area contributed by atoms with Gasteiger partial charge in [-0.05, 0) is 18.5 Å². The molecule has 90 valence electrons. The number of nitrogens with one attached hydrogen (secondary N) is 1. The lowest BCUT2D eigenvalue weighted by Gasteiger charge is -2.11. The number of phenolic OH excluding ortho intramolecular Hbond substituents is 1. The van der Waals surface area contributed by atoms with Crippen molar-refractivity contribution >= 4 is 0 Å². The van der Waals surface area contributed by atoms with Crippen LogP contribution in [0.3, 0.4) is 0 Å². The maximum Gasteiger partial charge on any atom is 0.123 e. The first-order chi connectivity index (χ1) is 7.67. The van der Waals surface area contributed by atoms with Crippen molar-refractivity contribution in [2.24, 2.45) is 5.92 Å². The second kappa shape index (κ2) is 6.38. The van der Waals surface area contributed by atoms with Crippen molar-refractivity contribution in [1.82, 2.24) is 5.32 Å². The highest BCUT2D eigenvalue weighted by Gasteiger charge is 2.03. The Morgan fingerprint density at radius 1 is 1.44 bits per heavy atom. The summed E-state index contributed by atoms with van der Waals surface area (Å²) in [6, 6.07) is 5.39. The molecular formula is C13H21NO2. The van der Waals surface area contributed by atoms with Crippen LogP contribution in [0.1, 0.15) is 25.8 Å². The summed E-state index contributed by atoms with van der Waals surface area (Å²) in [4.78, 5) is 0. The molecular weight excluding hydrogens is 202 g/mol. The third kappa shape index (κ3) is 3.74. The molecule has 0 bridgehead atoms. The van der Waals surface area contributed by atoms with Crippen LogP contribution in [-0.2, 0) is 6.54 Å². The Hall–Kier alpha value is -1.22. The summed E-state index contributed by atoms with van der Waals surface area (Å²) in [7, 11) is 1.59. The number of aromatic hydroxyl groups is 1. The lowest BCUT2D eigenvalue weighted by molar-refractivity contribution is 0.405. The Labute approximate surface area is 97.4 Å². The summed E-state index contributed by atoms with van der Waals surface area (Å²) in [5, 5.41) is 13.1. The Balaban J connectivity index is 2.48. The van der Waals surface area contributed by atoms with E-state index in [-0.39, 0.29) is 5.75 Å². The lowest BCUT2D eigenvalue weighted by atomic mass is 10.1. The first-order valence-electron chi connectivity index (χ1n) is 5.74. The van der Waals surface area contributed by atoms with E-state index in [9.17, 15) is 5.11 Å². The third-order valence-electron chi connectivity index (χ3n) is 2.80. The number of benzene rings is 1.